The van der Waals surface area contributed by atoms with E-state index in [0.717, 1.165) is 55.2 Å². The van der Waals surface area contributed by atoms with E-state index in [0.29, 0.717) is 30.2 Å². The molecule has 1 amide bonds. The molecule has 1 aliphatic rings. The topological polar surface area (TPSA) is 175 Å². The number of carbonyl (C=O) groups excluding carboxylic acids is 1. The van der Waals surface area contributed by atoms with E-state index in [1.165, 1.54) is 29.8 Å². The standard InChI is InChI=1S/C23H25FN8OS.C4H4O4/c24-17-3-1-16(2-4-17)14-32-20-19(13-25-15-28-20)30-23(32)29-18-5-9-31(10-6-18)11-7-26-21(33)22-27-8-12-34-22;5-3(6)1-2-4(7)8/h1-4,8,12-13,15,18H,5-7,9-11,14H2,(H,26,33)(H,29,30);1-2H,(H,5,6)(H,7,8)/b;2-1+. The lowest BCUT2D eigenvalue weighted by Crippen LogP contribution is -2.43. The summed E-state index contributed by atoms with van der Waals surface area (Å²) >= 11 is 1.34. The lowest BCUT2D eigenvalue weighted by molar-refractivity contribution is -0.134. The molecule has 1 fully saturated rings. The van der Waals surface area contributed by atoms with Crippen molar-refractivity contribution < 1.29 is 29.0 Å². The summed E-state index contributed by atoms with van der Waals surface area (Å²) < 4.78 is 15.4. The van der Waals surface area contributed by atoms with Gasteiger partial charge in [0.05, 0.1) is 12.7 Å². The molecule has 13 nitrogen and oxygen atoms in total. The first kappa shape index (κ1) is 30.2. The Labute approximate surface area is 243 Å². The second-order valence-electron chi connectivity index (χ2n) is 9.24. The fourth-order valence-electron chi connectivity index (χ4n) is 4.27. The number of likely N-dealkylation sites (tertiary alicyclic amines) is 1. The predicted molar refractivity (Wildman–Crippen MR) is 153 cm³/mol. The molecule has 1 aromatic carbocycles. The van der Waals surface area contributed by atoms with Gasteiger partial charge < -0.3 is 25.7 Å². The summed E-state index contributed by atoms with van der Waals surface area (Å²) in [7, 11) is 0. The van der Waals surface area contributed by atoms with E-state index in [9.17, 15) is 18.8 Å². The van der Waals surface area contributed by atoms with Crippen molar-refractivity contribution in [1.82, 2.24) is 34.7 Å². The average molecular weight is 597 g/mol. The van der Waals surface area contributed by atoms with Crippen LogP contribution >= 0.6 is 11.3 Å². The van der Waals surface area contributed by atoms with E-state index >= 15 is 0 Å². The quantitative estimate of drug-likeness (QED) is 0.198. The molecule has 0 saturated carbocycles. The van der Waals surface area contributed by atoms with E-state index < -0.39 is 11.9 Å². The number of carboxylic acids is 2. The maximum Gasteiger partial charge on any atom is 0.328 e. The molecular formula is C27H29FN8O5S. The van der Waals surface area contributed by atoms with Crippen molar-refractivity contribution in [3.05, 3.63) is 76.9 Å². The molecule has 3 aromatic heterocycles. The zero-order chi connectivity index (χ0) is 29.9. The Morgan fingerprint density at radius 2 is 1.79 bits per heavy atom. The van der Waals surface area contributed by atoms with Crippen LogP contribution in [0.5, 0.6) is 0 Å². The number of imidazole rings is 1. The van der Waals surface area contributed by atoms with Gasteiger partial charge in [0.15, 0.2) is 10.7 Å². The third kappa shape index (κ3) is 8.87. The molecule has 42 heavy (non-hydrogen) atoms. The first-order chi connectivity index (χ1) is 20.3. The zero-order valence-electron chi connectivity index (χ0n) is 22.4. The first-order valence-electron chi connectivity index (χ1n) is 13.0. The molecule has 0 aliphatic carbocycles. The molecule has 4 aromatic rings. The van der Waals surface area contributed by atoms with Crippen LogP contribution in [0.2, 0.25) is 0 Å². The largest absolute Gasteiger partial charge is 0.478 e. The van der Waals surface area contributed by atoms with Crippen LogP contribution in [-0.2, 0) is 16.1 Å². The molecule has 5 rings (SSSR count). The maximum absolute atomic E-state index is 13.3. The molecule has 0 atom stereocenters. The number of halogens is 1. The minimum Gasteiger partial charge on any atom is -0.478 e. The van der Waals surface area contributed by atoms with Crippen LogP contribution < -0.4 is 10.6 Å². The monoisotopic (exact) mass is 596 g/mol. The van der Waals surface area contributed by atoms with Crippen molar-refractivity contribution in [1.29, 1.82) is 0 Å². The van der Waals surface area contributed by atoms with Crippen molar-refractivity contribution in [2.24, 2.45) is 0 Å². The number of benzene rings is 1. The lowest BCUT2D eigenvalue weighted by atomic mass is 10.1. The highest BCUT2D eigenvalue weighted by atomic mass is 32.1. The maximum atomic E-state index is 13.3. The number of piperidine rings is 1. The van der Waals surface area contributed by atoms with E-state index in [4.69, 9.17) is 15.2 Å². The van der Waals surface area contributed by atoms with Gasteiger partial charge in [0, 0.05) is 55.9 Å². The van der Waals surface area contributed by atoms with Crippen LogP contribution in [0.15, 0.2) is 60.5 Å². The Bertz CT molecular complexity index is 1500. The van der Waals surface area contributed by atoms with Crippen LogP contribution in [0.25, 0.3) is 11.2 Å². The number of amides is 1. The van der Waals surface area contributed by atoms with Gasteiger partial charge in [-0.25, -0.2) is 33.9 Å². The molecule has 0 unspecified atom stereocenters. The number of rotatable bonds is 10. The van der Waals surface area contributed by atoms with Crippen molar-refractivity contribution in [2.45, 2.75) is 25.4 Å². The average Bonchev–Trinajstić information content (AvgIpc) is 3.63. The van der Waals surface area contributed by atoms with Gasteiger partial charge in [0.1, 0.15) is 17.7 Å². The van der Waals surface area contributed by atoms with Gasteiger partial charge in [0.2, 0.25) is 5.95 Å². The van der Waals surface area contributed by atoms with Crippen LogP contribution in [0.3, 0.4) is 0 Å². The summed E-state index contributed by atoms with van der Waals surface area (Å²) in [6.45, 7) is 3.81. The van der Waals surface area contributed by atoms with Gasteiger partial charge in [-0.1, -0.05) is 12.1 Å². The molecule has 1 saturated heterocycles. The number of thiazole rings is 1. The van der Waals surface area contributed by atoms with Gasteiger partial charge in [0.25, 0.3) is 5.91 Å². The number of fused-ring (bicyclic) bond motifs is 1. The number of nitrogens with zero attached hydrogens (tertiary/aromatic N) is 6. The normalized spacial score (nSPS) is 13.9. The summed E-state index contributed by atoms with van der Waals surface area (Å²) in [6.07, 6.45) is 7.90. The number of carboxylic acid groups (broad SMARTS) is 2. The summed E-state index contributed by atoms with van der Waals surface area (Å²) in [5.74, 6) is -2.14. The second-order valence-corrected chi connectivity index (χ2v) is 10.1. The minimum absolute atomic E-state index is 0.116. The van der Waals surface area contributed by atoms with Crippen molar-refractivity contribution in [3.8, 4) is 0 Å². The Kier molecular flexibility index (Phi) is 10.6. The highest BCUT2D eigenvalue weighted by Gasteiger charge is 2.22. The van der Waals surface area contributed by atoms with Crippen LogP contribution in [0.1, 0.15) is 28.2 Å². The van der Waals surface area contributed by atoms with E-state index in [-0.39, 0.29) is 17.8 Å². The summed E-state index contributed by atoms with van der Waals surface area (Å²) in [4.78, 5) is 50.8. The Hall–Kier alpha value is -4.76. The number of anilines is 1. The number of hydrogen-bond donors (Lipinski definition) is 4. The number of hydrogen-bond acceptors (Lipinski definition) is 10. The highest BCUT2D eigenvalue weighted by molar-refractivity contribution is 7.11. The Morgan fingerprint density at radius 1 is 1.07 bits per heavy atom. The fraction of sp³-hybridized carbons (Fsp3) is 0.296. The Morgan fingerprint density at radius 3 is 2.43 bits per heavy atom. The molecule has 1 aliphatic heterocycles. The number of aliphatic carboxylic acids is 2. The molecule has 0 bridgehead atoms. The zero-order valence-corrected chi connectivity index (χ0v) is 23.2. The van der Waals surface area contributed by atoms with Crippen LogP contribution in [0.4, 0.5) is 10.3 Å². The van der Waals surface area contributed by atoms with E-state index in [1.807, 2.05) is 4.57 Å². The van der Waals surface area contributed by atoms with E-state index in [2.05, 4.69) is 30.5 Å². The van der Waals surface area contributed by atoms with Gasteiger partial charge in [-0.05, 0) is 30.5 Å². The molecular weight excluding hydrogens is 567 g/mol. The second kappa shape index (κ2) is 14.7. The number of carbonyl (C=O) groups is 3. The van der Waals surface area contributed by atoms with Crippen molar-refractivity contribution in [2.75, 3.05) is 31.5 Å². The molecule has 220 valence electrons. The summed E-state index contributed by atoms with van der Waals surface area (Å²) in [5.41, 5.74) is 2.44. The Balaban J connectivity index is 0.000000446. The predicted octanol–water partition coefficient (Wildman–Crippen LogP) is 2.49. The number of aromatic nitrogens is 5. The lowest BCUT2D eigenvalue weighted by Gasteiger charge is -2.32. The molecule has 4 heterocycles. The molecule has 4 N–H and O–H groups in total. The highest BCUT2D eigenvalue weighted by Crippen LogP contribution is 2.22. The summed E-state index contributed by atoms with van der Waals surface area (Å²) in [6, 6.07) is 6.76. The van der Waals surface area contributed by atoms with Crippen LogP contribution in [0, 0.1) is 5.82 Å². The molecule has 0 spiro atoms. The number of nitrogens with one attached hydrogen (secondary N) is 2. The molecule has 15 heteroatoms. The third-order valence-corrected chi connectivity index (χ3v) is 7.07. The fourth-order valence-corrected chi connectivity index (χ4v) is 4.83. The smallest absolute Gasteiger partial charge is 0.328 e. The van der Waals surface area contributed by atoms with Gasteiger partial charge in [-0.3, -0.25) is 9.36 Å². The van der Waals surface area contributed by atoms with Crippen molar-refractivity contribution in [3.63, 3.8) is 0 Å². The van der Waals surface area contributed by atoms with Gasteiger partial charge in [-0.2, -0.15) is 0 Å². The first-order valence-corrected chi connectivity index (χ1v) is 13.9. The van der Waals surface area contributed by atoms with Gasteiger partial charge >= 0.3 is 11.9 Å². The third-order valence-electron chi connectivity index (χ3n) is 6.29. The van der Waals surface area contributed by atoms with Gasteiger partial charge in [-0.15, -0.1) is 11.3 Å². The van der Waals surface area contributed by atoms with Crippen LogP contribution in [-0.4, -0.2) is 89.7 Å². The van der Waals surface area contributed by atoms with E-state index in [1.54, 1.807) is 29.9 Å². The minimum atomic E-state index is -1.26. The molecule has 0 radical (unpaired) electrons. The SMILES string of the molecule is O=C(NCCN1CCC(Nc2nc3cncnc3n2Cc2ccc(F)cc2)CC1)c1nccs1.O=C(O)/C=C/C(=O)O. The summed E-state index contributed by atoms with van der Waals surface area (Å²) in [5, 5.41) is 24.4. The van der Waals surface area contributed by atoms with Crippen molar-refractivity contribution >= 4 is 46.3 Å².